The van der Waals surface area contributed by atoms with Crippen molar-refractivity contribution in [1.82, 2.24) is 20.2 Å². The maximum atomic E-state index is 11.1. The van der Waals surface area contributed by atoms with Crippen molar-refractivity contribution in [3.05, 3.63) is 30.6 Å². The Morgan fingerprint density at radius 2 is 2.00 bits per heavy atom. The molecule has 0 fully saturated rings. The van der Waals surface area contributed by atoms with E-state index in [2.05, 4.69) is 15.5 Å². The minimum Gasteiger partial charge on any atom is -0.255 e. The van der Waals surface area contributed by atoms with E-state index in [1.54, 1.807) is 23.1 Å². The zero-order valence-electron chi connectivity index (χ0n) is 7.49. The molecule has 0 aliphatic rings. The van der Waals surface area contributed by atoms with Crippen LogP contribution in [0.25, 0.3) is 5.69 Å². The average molecular weight is 208 g/mol. The second kappa shape index (κ2) is 3.67. The largest absolute Gasteiger partial charge is 0.255 e. The summed E-state index contributed by atoms with van der Waals surface area (Å²) < 4.78 is 12.7. The zero-order valence-corrected chi connectivity index (χ0v) is 8.31. The molecule has 0 aliphatic heterocycles. The monoisotopic (exact) mass is 208 g/mol. The quantitative estimate of drug-likeness (QED) is 0.716. The van der Waals surface area contributed by atoms with Crippen molar-refractivity contribution in [1.29, 1.82) is 0 Å². The molecule has 0 saturated carbocycles. The predicted molar refractivity (Wildman–Crippen MR) is 51.5 cm³/mol. The Labute approximate surface area is 83.2 Å². The van der Waals surface area contributed by atoms with Crippen LogP contribution in [-0.4, -0.2) is 30.7 Å². The summed E-state index contributed by atoms with van der Waals surface area (Å²) in [6.07, 6.45) is 3.16. The molecule has 0 aliphatic carbocycles. The molecule has 72 valence electrons. The van der Waals surface area contributed by atoms with Gasteiger partial charge in [-0.3, -0.25) is 4.21 Å². The first-order chi connectivity index (χ1) is 6.77. The number of hydrogen-bond donors (Lipinski definition) is 0. The molecule has 2 rings (SSSR count). The highest BCUT2D eigenvalue weighted by atomic mass is 32.2. The fraction of sp³-hybridized carbons (Fsp3) is 0.125. The lowest BCUT2D eigenvalue weighted by Crippen LogP contribution is -1.95. The molecule has 0 saturated heterocycles. The van der Waals surface area contributed by atoms with E-state index >= 15 is 0 Å². The van der Waals surface area contributed by atoms with Gasteiger partial charge in [-0.05, 0) is 34.7 Å². The predicted octanol–water partition coefficient (Wildman–Crippen LogP) is 0.400. The fourth-order valence-electron chi connectivity index (χ4n) is 1.07. The van der Waals surface area contributed by atoms with Crippen LogP contribution in [-0.2, 0) is 10.8 Å². The molecule has 5 nitrogen and oxygen atoms in total. The molecule has 6 heteroatoms. The first-order valence-electron chi connectivity index (χ1n) is 3.94. The Balaban J connectivity index is 2.36. The minimum absolute atomic E-state index is 0.793. The third-order valence-electron chi connectivity index (χ3n) is 1.78. The second-order valence-electron chi connectivity index (χ2n) is 2.70. The summed E-state index contributed by atoms with van der Waals surface area (Å²) in [6.45, 7) is 0. The summed E-state index contributed by atoms with van der Waals surface area (Å²) in [5.41, 5.74) is 0.851. The van der Waals surface area contributed by atoms with Crippen LogP contribution in [0.2, 0.25) is 0 Å². The van der Waals surface area contributed by atoms with Gasteiger partial charge in [0.15, 0.2) is 0 Å². The van der Waals surface area contributed by atoms with E-state index in [0.29, 0.717) is 0 Å². The Morgan fingerprint density at radius 1 is 1.29 bits per heavy atom. The molecule has 0 amide bonds. The van der Waals surface area contributed by atoms with Crippen molar-refractivity contribution in [2.45, 2.75) is 4.90 Å². The van der Waals surface area contributed by atoms with Gasteiger partial charge in [0.1, 0.15) is 6.33 Å². The van der Waals surface area contributed by atoms with Crippen LogP contribution in [0.1, 0.15) is 0 Å². The topological polar surface area (TPSA) is 60.7 Å². The normalized spacial score (nSPS) is 12.6. The van der Waals surface area contributed by atoms with Crippen LogP contribution >= 0.6 is 0 Å². The second-order valence-corrected chi connectivity index (χ2v) is 4.08. The Kier molecular flexibility index (Phi) is 2.36. The number of benzene rings is 1. The van der Waals surface area contributed by atoms with Crippen molar-refractivity contribution in [2.75, 3.05) is 6.26 Å². The van der Waals surface area contributed by atoms with Crippen molar-refractivity contribution in [2.24, 2.45) is 0 Å². The SMILES string of the molecule is CS(=O)c1ccc(-n2cnnn2)cc1. The van der Waals surface area contributed by atoms with E-state index in [-0.39, 0.29) is 0 Å². The molecule has 0 spiro atoms. The number of aromatic nitrogens is 4. The molecular formula is C8H8N4OS. The van der Waals surface area contributed by atoms with Crippen LogP contribution < -0.4 is 0 Å². The van der Waals surface area contributed by atoms with Gasteiger partial charge in [0.05, 0.1) is 5.69 Å². The van der Waals surface area contributed by atoms with E-state index in [9.17, 15) is 4.21 Å². The minimum atomic E-state index is -0.945. The molecule has 0 N–H and O–H groups in total. The zero-order chi connectivity index (χ0) is 9.97. The van der Waals surface area contributed by atoms with Gasteiger partial charge >= 0.3 is 0 Å². The van der Waals surface area contributed by atoms with E-state index in [1.165, 1.54) is 6.33 Å². The number of hydrogen-bond acceptors (Lipinski definition) is 4. The maximum Gasteiger partial charge on any atom is 0.143 e. The lowest BCUT2D eigenvalue weighted by atomic mass is 10.3. The maximum absolute atomic E-state index is 11.1. The molecule has 2 aromatic rings. The molecule has 1 aromatic heterocycles. The average Bonchev–Trinajstić information content (AvgIpc) is 2.71. The molecule has 1 unspecified atom stereocenters. The van der Waals surface area contributed by atoms with E-state index < -0.39 is 10.8 Å². The van der Waals surface area contributed by atoms with Crippen LogP contribution in [0, 0.1) is 0 Å². The van der Waals surface area contributed by atoms with E-state index in [1.807, 2.05) is 12.1 Å². The van der Waals surface area contributed by atoms with Crippen molar-refractivity contribution in [3.63, 3.8) is 0 Å². The van der Waals surface area contributed by atoms with Gasteiger partial charge in [-0.15, -0.1) is 5.10 Å². The van der Waals surface area contributed by atoms with Crippen LogP contribution in [0.5, 0.6) is 0 Å². The summed E-state index contributed by atoms with van der Waals surface area (Å²) in [6, 6.07) is 7.25. The van der Waals surface area contributed by atoms with Gasteiger partial charge in [-0.1, -0.05) is 0 Å². The highest BCUT2D eigenvalue weighted by Crippen LogP contribution is 2.09. The summed E-state index contributed by atoms with van der Waals surface area (Å²) in [7, 11) is -0.945. The summed E-state index contributed by atoms with van der Waals surface area (Å²) in [5, 5.41) is 10.8. The number of rotatable bonds is 2. The lowest BCUT2D eigenvalue weighted by molar-refractivity contribution is 0.686. The highest BCUT2D eigenvalue weighted by molar-refractivity contribution is 7.84. The van der Waals surface area contributed by atoms with E-state index in [0.717, 1.165) is 10.6 Å². The molecule has 0 radical (unpaired) electrons. The van der Waals surface area contributed by atoms with Crippen LogP contribution in [0.3, 0.4) is 0 Å². The standard InChI is InChI=1S/C8H8N4OS/c1-14(13)8-4-2-7(3-5-8)12-6-9-10-11-12/h2-6H,1H3. The van der Waals surface area contributed by atoms with Gasteiger partial charge < -0.3 is 0 Å². The third-order valence-corrected chi connectivity index (χ3v) is 2.72. The summed E-state index contributed by atoms with van der Waals surface area (Å²) in [4.78, 5) is 0.793. The molecule has 14 heavy (non-hydrogen) atoms. The lowest BCUT2D eigenvalue weighted by Gasteiger charge is -1.99. The van der Waals surface area contributed by atoms with Crippen molar-refractivity contribution in [3.8, 4) is 5.69 Å². The molecule has 1 heterocycles. The third kappa shape index (κ3) is 1.69. The van der Waals surface area contributed by atoms with Gasteiger partial charge in [0.25, 0.3) is 0 Å². The highest BCUT2D eigenvalue weighted by Gasteiger charge is 1.99. The van der Waals surface area contributed by atoms with Crippen LogP contribution in [0.15, 0.2) is 35.5 Å². The fourth-order valence-corrected chi connectivity index (χ4v) is 1.59. The van der Waals surface area contributed by atoms with Gasteiger partial charge in [0, 0.05) is 22.0 Å². The Hall–Kier alpha value is -1.56. The van der Waals surface area contributed by atoms with Gasteiger partial charge in [-0.25, -0.2) is 4.68 Å². The van der Waals surface area contributed by atoms with Gasteiger partial charge in [0.2, 0.25) is 0 Å². The molecular weight excluding hydrogens is 200 g/mol. The first-order valence-corrected chi connectivity index (χ1v) is 5.50. The molecule has 0 bridgehead atoms. The number of nitrogens with zero attached hydrogens (tertiary/aromatic N) is 4. The molecule has 1 atom stereocenters. The summed E-state index contributed by atoms with van der Waals surface area (Å²) in [5.74, 6) is 0. The van der Waals surface area contributed by atoms with E-state index in [4.69, 9.17) is 0 Å². The Morgan fingerprint density at radius 3 is 2.50 bits per heavy atom. The first kappa shape index (κ1) is 9.01. The van der Waals surface area contributed by atoms with Crippen molar-refractivity contribution >= 4 is 10.8 Å². The summed E-state index contributed by atoms with van der Waals surface area (Å²) >= 11 is 0. The van der Waals surface area contributed by atoms with Crippen LogP contribution in [0.4, 0.5) is 0 Å². The smallest absolute Gasteiger partial charge is 0.143 e. The molecule has 1 aromatic carbocycles. The Bertz CT molecular complexity index is 437. The van der Waals surface area contributed by atoms with Gasteiger partial charge in [-0.2, -0.15) is 0 Å². The van der Waals surface area contributed by atoms with Crippen molar-refractivity contribution < 1.29 is 4.21 Å². The number of tetrazole rings is 1.